The molecule has 1 heterocycles. The van der Waals surface area contributed by atoms with Crippen LogP contribution in [0.2, 0.25) is 0 Å². The molecule has 0 fully saturated rings. The zero-order chi connectivity index (χ0) is 13.5. The molecule has 0 radical (unpaired) electrons. The molecular formula is C18H18O2. The van der Waals surface area contributed by atoms with Gasteiger partial charge in [0.2, 0.25) is 0 Å². The molecule has 1 aliphatic heterocycles. The standard InChI is InChI=1S/C18H18O2/c19-18(14-6-8-17-13(11-14)9-10-20-17)16-7-5-12-3-1-2-4-15(12)16/h1-4,6,8,11,16,18-19H,5,7,9-10H2. The van der Waals surface area contributed by atoms with E-state index in [2.05, 4.69) is 30.3 Å². The molecule has 2 aromatic carbocycles. The minimum Gasteiger partial charge on any atom is -0.493 e. The van der Waals surface area contributed by atoms with Gasteiger partial charge < -0.3 is 9.84 Å². The highest BCUT2D eigenvalue weighted by molar-refractivity contribution is 5.43. The first-order chi connectivity index (χ1) is 9.83. The van der Waals surface area contributed by atoms with E-state index < -0.39 is 6.10 Å². The van der Waals surface area contributed by atoms with Gasteiger partial charge in [-0.05, 0) is 47.2 Å². The number of aliphatic hydroxyl groups excluding tert-OH is 1. The van der Waals surface area contributed by atoms with Crippen LogP contribution < -0.4 is 4.74 Å². The second-order valence-electron chi connectivity index (χ2n) is 5.75. The van der Waals surface area contributed by atoms with Gasteiger partial charge in [0, 0.05) is 12.3 Å². The van der Waals surface area contributed by atoms with Crippen LogP contribution in [0, 0.1) is 0 Å². The Morgan fingerprint density at radius 2 is 1.95 bits per heavy atom. The number of benzene rings is 2. The second kappa shape index (κ2) is 4.64. The Labute approximate surface area is 119 Å². The molecule has 4 rings (SSSR count). The largest absolute Gasteiger partial charge is 0.493 e. The maximum Gasteiger partial charge on any atom is 0.122 e. The molecule has 0 saturated carbocycles. The van der Waals surface area contributed by atoms with Crippen molar-refractivity contribution < 1.29 is 9.84 Å². The summed E-state index contributed by atoms with van der Waals surface area (Å²) in [6, 6.07) is 14.6. The molecule has 0 spiro atoms. The van der Waals surface area contributed by atoms with Gasteiger partial charge in [-0.25, -0.2) is 0 Å². The quantitative estimate of drug-likeness (QED) is 0.903. The maximum atomic E-state index is 10.8. The van der Waals surface area contributed by atoms with Crippen LogP contribution in [0.1, 0.15) is 40.7 Å². The van der Waals surface area contributed by atoms with Crippen LogP contribution in [-0.2, 0) is 12.8 Å². The van der Waals surface area contributed by atoms with Gasteiger partial charge in [-0.3, -0.25) is 0 Å². The Morgan fingerprint density at radius 1 is 1.05 bits per heavy atom. The molecule has 2 aliphatic rings. The average Bonchev–Trinajstić information content (AvgIpc) is 3.12. The van der Waals surface area contributed by atoms with Crippen molar-refractivity contribution in [2.75, 3.05) is 6.61 Å². The lowest BCUT2D eigenvalue weighted by Gasteiger charge is -2.20. The molecule has 1 N–H and O–H groups in total. The van der Waals surface area contributed by atoms with Gasteiger partial charge in [0.1, 0.15) is 5.75 Å². The molecule has 2 nitrogen and oxygen atoms in total. The Morgan fingerprint density at radius 3 is 2.90 bits per heavy atom. The van der Waals surface area contributed by atoms with E-state index in [1.54, 1.807) is 0 Å². The van der Waals surface area contributed by atoms with E-state index in [0.717, 1.165) is 37.2 Å². The van der Waals surface area contributed by atoms with E-state index in [1.165, 1.54) is 16.7 Å². The van der Waals surface area contributed by atoms with Crippen molar-refractivity contribution in [2.45, 2.75) is 31.3 Å². The molecule has 0 saturated heterocycles. The molecule has 2 atom stereocenters. The Kier molecular flexibility index (Phi) is 2.78. The molecular weight excluding hydrogens is 248 g/mol. The van der Waals surface area contributed by atoms with Crippen LogP contribution in [0.4, 0.5) is 0 Å². The van der Waals surface area contributed by atoms with Crippen LogP contribution in [0.5, 0.6) is 5.75 Å². The third-order valence-corrected chi connectivity index (χ3v) is 4.62. The van der Waals surface area contributed by atoms with Gasteiger partial charge in [0.15, 0.2) is 0 Å². The van der Waals surface area contributed by atoms with Gasteiger partial charge in [-0.1, -0.05) is 30.3 Å². The molecule has 2 heteroatoms. The first-order valence-electron chi connectivity index (χ1n) is 7.34. The molecule has 2 unspecified atom stereocenters. The van der Waals surface area contributed by atoms with Crippen molar-refractivity contribution in [3.8, 4) is 5.75 Å². The number of hydrogen-bond acceptors (Lipinski definition) is 2. The molecule has 0 amide bonds. The lowest BCUT2D eigenvalue weighted by Crippen LogP contribution is -2.08. The van der Waals surface area contributed by atoms with Crippen LogP contribution in [-0.4, -0.2) is 11.7 Å². The summed E-state index contributed by atoms with van der Waals surface area (Å²) >= 11 is 0. The summed E-state index contributed by atoms with van der Waals surface area (Å²) in [5.41, 5.74) is 4.96. The normalized spacial score (nSPS) is 21.1. The van der Waals surface area contributed by atoms with Gasteiger partial charge in [-0.15, -0.1) is 0 Å². The van der Waals surface area contributed by atoms with Gasteiger partial charge in [0.25, 0.3) is 0 Å². The van der Waals surface area contributed by atoms with E-state index in [9.17, 15) is 5.11 Å². The summed E-state index contributed by atoms with van der Waals surface area (Å²) in [6.07, 6.45) is 2.65. The smallest absolute Gasteiger partial charge is 0.122 e. The van der Waals surface area contributed by atoms with E-state index in [0.29, 0.717) is 0 Å². The SMILES string of the molecule is OC(c1ccc2c(c1)CCO2)C1CCc2ccccc21. The molecule has 1 aliphatic carbocycles. The van der Waals surface area contributed by atoms with Crippen LogP contribution in [0.25, 0.3) is 0 Å². The van der Waals surface area contributed by atoms with Gasteiger partial charge in [-0.2, -0.15) is 0 Å². The fourth-order valence-corrected chi connectivity index (χ4v) is 3.54. The van der Waals surface area contributed by atoms with Crippen molar-refractivity contribution in [3.63, 3.8) is 0 Å². The lowest BCUT2D eigenvalue weighted by molar-refractivity contribution is 0.145. The Hall–Kier alpha value is -1.80. The van der Waals surface area contributed by atoms with Crippen LogP contribution in [0.15, 0.2) is 42.5 Å². The topological polar surface area (TPSA) is 29.5 Å². The number of aliphatic hydroxyl groups is 1. The first-order valence-corrected chi connectivity index (χ1v) is 7.34. The fraction of sp³-hybridized carbons (Fsp3) is 0.333. The number of rotatable bonds is 2. The average molecular weight is 266 g/mol. The minimum absolute atomic E-state index is 0.228. The predicted octanol–water partition coefficient (Wildman–Crippen LogP) is 3.38. The van der Waals surface area contributed by atoms with Gasteiger partial charge >= 0.3 is 0 Å². The summed E-state index contributed by atoms with van der Waals surface area (Å²) in [5.74, 6) is 1.21. The summed E-state index contributed by atoms with van der Waals surface area (Å²) in [6.45, 7) is 0.765. The Balaban J connectivity index is 1.67. The maximum absolute atomic E-state index is 10.8. The van der Waals surface area contributed by atoms with Crippen LogP contribution >= 0.6 is 0 Å². The summed E-state index contributed by atoms with van der Waals surface area (Å²) in [5, 5.41) is 10.8. The van der Waals surface area contributed by atoms with E-state index >= 15 is 0 Å². The van der Waals surface area contributed by atoms with E-state index in [4.69, 9.17) is 4.74 Å². The number of hydrogen-bond donors (Lipinski definition) is 1. The lowest BCUT2D eigenvalue weighted by atomic mass is 9.90. The monoisotopic (exact) mass is 266 g/mol. The highest BCUT2D eigenvalue weighted by atomic mass is 16.5. The minimum atomic E-state index is -0.412. The number of ether oxygens (including phenoxy) is 1. The van der Waals surface area contributed by atoms with Crippen molar-refractivity contribution in [2.24, 2.45) is 0 Å². The highest BCUT2D eigenvalue weighted by Crippen LogP contribution is 2.42. The molecule has 0 bridgehead atoms. The predicted molar refractivity (Wildman–Crippen MR) is 78.1 cm³/mol. The van der Waals surface area contributed by atoms with Crippen molar-refractivity contribution >= 4 is 0 Å². The van der Waals surface area contributed by atoms with E-state index in [1.807, 2.05) is 12.1 Å². The zero-order valence-corrected chi connectivity index (χ0v) is 11.4. The molecule has 2 aromatic rings. The van der Waals surface area contributed by atoms with Crippen LogP contribution in [0.3, 0.4) is 0 Å². The highest BCUT2D eigenvalue weighted by Gasteiger charge is 2.29. The molecule has 0 aromatic heterocycles. The second-order valence-corrected chi connectivity index (χ2v) is 5.75. The summed E-state index contributed by atoms with van der Waals surface area (Å²) < 4.78 is 5.53. The summed E-state index contributed by atoms with van der Waals surface area (Å²) in [7, 11) is 0. The zero-order valence-electron chi connectivity index (χ0n) is 11.4. The van der Waals surface area contributed by atoms with Crippen molar-refractivity contribution in [1.29, 1.82) is 0 Å². The molecule has 20 heavy (non-hydrogen) atoms. The number of aryl methyl sites for hydroxylation is 1. The number of fused-ring (bicyclic) bond motifs is 2. The fourth-order valence-electron chi connectivity index (χ4n) is 3.54. The van der Waals surface area contributed by atoms with E-state index in [-0.39, 0.29) is 5.92 Å². The summed E-state index contributed by atoms with van der Waals surface area (Å²) in [4.78, 5) is 0. The van der Waals surface area contributed by atoms with Gasteiger partial charge in [0.05, 0.1) is 12.7 Å². The van der Waals surface area contributed by atoms with Crippen molar-refractivity contribution in [1.82, 2.24) is 0 Å². The molecule has 102 valence electrons. The third-order valence-electron chi connectivity index (χ3n) is 4.62. The Bertz CT molecular complexity index is 648. The first kappa shape index (κ1) is 12.0. The van der Waals surface area contributed by atoms with Crippen molar-refractivity contribution in [3.05, 3.63) is 64.7 Å². The third kappa shape index (κ3) is 1.83.